The summed E-state index contributed by atoms with van der Waals surface area (Å²) in [5, 5.41) is 0. The average molecular weight is 167 g/mol. The molecule has 0 spiro atoms. The first-order valence-electron chi connectivity index (χ1n) is 5.12. The first kappa shape index (κ1) is 9.79. The Balaban J connectivity index is 2.41. The maximum Gasteiger partial charge on any atom is 0.0163 e. The fourth-order valence-corrected chi connectivity index (χ4v) is 2.02. The van der Waals surface area contributed by atoms with Crippen LogP contribution in [0.25, 0.3) is 0 Å². The summed E-state index contributed by atoms with van der Waals surface area (Å²) < 4.78 is 0. The Morgan fingerprint density at radius 3 is 2.83 bits per heavy atom. The van der Waals surface area contributed by atoms with Crippen LogP contribution in [0.15, 0.2) is 12.7 Å². The van der Waals surface area contributed by atoms with Gasteiger partial charge in [-0.05, 0) is 25.7 Å². The maximum absolute atomic E-state index is 3.80. The van der Waals surface area contributed by atoms with Crippen molar-refractivity contribution in [2.75, 3.05) is 13.1 Å². The molecular weight excluding hydrogens is 146 g/mol. The van der Waals surface area contributed by atoms with Gasteiger partial charge in [-0.1, -0.05) is 19.4 Å². The summed E-state index contributed by atoms with van der Waals surface area (Å²) >= 11 is 0. The zero-order valence-corrected chi connectivity index (χ0v) is 8.42. The van der Waals surface area contributed by atoms with Crippen molar-refractivity contribution in [1.82, 2.24) is 4.90 Å². The lowest BCUT2D eigenvalue weighted by Crippen LogP contribution is -2.41. The van der Waals surface area contributed by atoms with Gasteiger partial charge in [0.15, 0.2) is 0 Å². The van der Waals surface area contributed by atoms with Gasteiger partial charge in [0, 0.05) is 19.1 Å². The molecule has 0 N–H and O–H groups in total. The van der Waals surface area contributed by atoms with Crippen LogP contribution < -0.4 is 0 Å². The molecule has 0 amide bonds. The molecule has 2 atom stereocenters. The van der Waals surface area contributed by atoms with Crippen molar-refractivity contribution < 1.29 is 0 Å². The molecule has 1 aliphatic rings. The van der Waals surface area contributed by atoms with E-state index in [-0.39, 0.29) is 0 Å². The molecule has 0 aromatic heterocycles. The van der Waals surface area contributed by atoms with Crippen molar-refractivity contribution in [3.63, 3.8) is 0 Å². The Bertz CT molecular complexity index is 142. The van der Waals surface area contributed by atoms with Crippen molar-refractivity contribution >= 4 is 0 Å². The van der Waals surface area contributed by atoms with Gasteiger partial charge in [-0.3, -0.25) is 4.90 Å². The van der Waals surface area contributed by atoms with E-state index in [1.807, 2.05) is 6.08 Å². The third kappa shape index (κ3) is 2.34. The lowest BCUT2D eigenvalue weighted by Gasteiger charge is -2.37. The van der Waals surface area contributed by atoms with E-state index in [1.54, 1.807) is 0 Å². The summed E-state index contributed by atoms with van der Waals surface area (Å²) in [5.74, 6) is 0.932. The predicted molar refractivity (Wildman–Crippen MR) is 54.2 cm³/mol. The first-order chi connectivity index (χ1) is 5.77. The monoisotopic (exact) mass is 167 g/mol. The molecule has 1 fully saturated rings. The topological polar surface area (TPSA) is 3.24 Å². The Morgan fingerprint density at radius 2 is 2.25 bits per heavy atom. The summed E-state index contributed by atoms with van der Waals surface area (Å²) in [5.41, 5.74) is 0. The lowest BCUT2D eigenvalue weighted by atomic mass is 9.91. The van der Waals surface area contributed by atoms with Gasteiger partial charge in [-0.2, -0.15) is 0 Å². The molecule has 0 saturated carbocycles. The number of hydrogen-bond acceptors (Lipinski definition) is 1. The van der Waals surface area contributed by atoms with Crippen molar-refractivity contribution in [3.05, 3.63) is 12.7 Å². The molecule has 1 aliphatic heterocycles. The Morgan fingerprint density at radius 1 is 1.50 bits per heavy atom. The number of hydrogen-bond donors (Lipinski definition) is 0. The Hall–Kier alpha value is -0.300. The molecule has 0 aliphatic carbocycles. The zero-order valence-electron chi connectivity index (χ0n) is 8.42. The smallest absolute Gasteiger partial charge is 0.0163 e. The minimum atomic E-state index is 0.769. The van der Waals surface area contributed by atoms with E-state index in [9.17, 15) is 0 Å². The van der Waals surface area contributed by atoms with E-state index in [0.29, 0.717) is 0 Å². The van der Waals surface area contributed by atoms with Gasteiger partial charge < -0.3 is 0 Å². The van der Waals surface area contributed by atoms with E-state index in [0.717, 1.165) is 18.5 Å². The molecule has 0 aromatic carbocycles. The molecule has 1 heteroatoms. The molecule has 0 bridgehead atoms. The molecule has 1 saturated heterocycles. The number of nitrogens with zero attached hydrogens (tertiary/aromatic N) is 1. The molecule has 1 nitrogen and oxygen atoms in total. The van der Waals surface area contributed by atoms with Crippen LogP contribution in [0.2, 0.25) is 0 Å². The molecular formula is C11H21N. The lowest BCUT2D eigenvalue weighted by molar-refractivity contribution is 0.130. The minimum Gasteiger partial charge on any atom is -0.297 e. The summed E-state index contributed by atoms with van der Waals surface area (Å²) in [6.07, 6.45) is 6.15. The highest BCUT2D eigenvalue weighted by Crippen LogP contribution is 2.23. The maximum atomic E-state index is 3.80. The fourth-order valence-electron chi connectivity index (χ4n) is 2.02. The zero-order chi connectivity index (χ0) is 8.97. The standard InChI is InChI=1S/C11H21N/c1-4-8-12-9-11(5-2)7-6-10(12)3/h4,10-11H,1,5-9H2,2-3H3/t10-,11+/m1/s1. The van der Waals surface area contributed by atoms with Crippen LogP contribution >= 0.6 is 0 Å². The van der Waals surface area contributed by atoms with Crippen LogP contribution in [0, 0.1) is 5.92 Å². The van der Waals surface area contributed by atoms with Crippen molar-refractivity contribution in [2.24, 2.45) is 5.92 Å². The van der Waals surface area contributed by atoms with E-state index in [1.165, 1.54) is 25.8 Å². The second-order valence-electron chi connectivity index (χ2n) is 3.94. The third-order valence-corrected chi connectivity index (χ3v) is 3.05. The predicted octanol–water partition coefficient (Wildman–Crippen LogP) is 2.68. The van der Waals surface area contributed by atoms with Gasteiger partial charge >= 0.3 is 0 Å². The summed E-state index contributed by atoms with van der Waals surface area (Å²) in [6, 6.07) is 0.769. The van der Waals surface area contributed by atoms with Gasteiger partial charge in [-0.15, -0.1) is 6.58 Å². The largest absolute Gasteiger partial charge is 0.297 e. The van der Waals surface area contributed by atoms with Crippen LogP contribution in [0.3, 0.4) is 0 Å². The number of rotatable bonds is 3. The molecule has 70 valence electrons. The highest BCUT2D eigenvalue weighted by Gasteiger charge is 2.22. The number of piperidine rings is 1. The van der Waals surface area contributed by atoms with E-state index >= 15 is 0 Å². The average Bonchev–Trinajstić information content (AvgIpc) is 2.09. The summed E-state index contributed by atoms with van der Waals surface area (Å²) in [7, 11) is 0. The van der Waals surface area contributed by atoms with E-state index < -0.39 is 0 Å². The summed E-state index contributed by atoms with van der Waals surface area (Å²) in [6.45, 7) is 10.8. The minimum absolute atomic E-state index is 0.769. The molecule has 0 unspecified atom stereocenters. The van der Waals surface area contributed by atoms with Gasteiger partial charge in [-0.25, -0.2) is 0 Å². The highest BCUT2D eigenvalue weighted by atomic mass is 15.2. The number of likely N-dealkylation sites (tertiary alicyclic amines) is 1. The van der Waals surface area contributed by atoms with Crippen molar-refractivity contribution in [1.29, 1.82) is 0 Å². The van der Waals surface area contributed by atoms with Crippen molar-refractivity contribution in [2.45, 2.75) is 39.2 Å². The fraction of sp³-hybridized carbons (Fsp3) is 0.818. The first-order valence-corrected chi connectivity index (χ1v) is 5.12. The van der Waals surface area contributed by atoms with Crippen LogP contribution in [-0.4, -0.2) is 24.0 Å². The van der Waals surface area contributed by atoms with Crippen LogP contribution in [0.1, 0.15) is 33.1 Å². The van der Waals surface area contributed by atoms with Gasteiger partial charge in [0.1, 0.15) is 0 Å². The molecule has 1 heterocycles. The SMILES string of the molecule is C=CCN1C[C@@H](CC)CC[C@H]1C. The van der Waals surface area contributed by atoms with Crippen LogP contribution in [-0.2, 0) is 0 Å². The third-order valence-electron chi connectivity index (χ3n) is 3.05. The molecule has 12 heavy (non-hydrogen) atoms. The van der Waals surface area contributed by atoms with Crippen molar-refractivity contribution in [3.8, 4) is 0 Å². The second-order valence-corrected chi connectivity index (χ2v) is 3.94. The highest BCUT2D eigenvalue weighted by molar-refractivity contribution is 4.83. The molecule has 0 aromatic rings. The summed E-state index contributed by atoms with van der Waals surface area (Å²) in [4.78, 5) is 2.55. The van der Waals surface area contributed by atoms with Gasteiger partial charge in [0.2, 0.25) is 0 Å². The van der Waals surface area contributed by atoms with Gasteiger partial charge in [0.25, 0.3) is 0 Å². The van der Waals surface area contributed by atoms with E-state index in [2.05, 4.69) is 25.3 Å². The van der Waals surface area contributed by atoms with Crippen LogP contribution in [0.4, 0.5) is 0 Å². The quantitative estimate of drug-likeness (QED) is 0.584. The second kappa shape index (κ2) is 4.66. The molecule has 0 radical (unpaired) electrons. The van der Waals surface area contributed by atoms with Gasteiger partial charge in [0.05, 0.1) is 0 Å². The Kier molecular flexibility index (Phi) is 3.80. The molecule has 1 rings (SSSR count). The Labute approximate surface area is 76.5 Å². The van der Waals surface area contributed by atoms with Crippen LogP contribution in [0.5, 0.6) is 0 Å². The van der Waals surface area contributed by atoms with E-state index in [4.69, 9.17) is 0 Å². The normalized spacial score (nSPS) is 31.8.